The van der Waals surface area contributed by atoms with Gasteiger partial charge in [0.2, 0.25) is 59.1 Å². The molecule has 5 fully saturated rings. The molecule has 11 amide bonds. The molecule has 0 unspecified atom stereocenters. The van der Waals surface area contributed by atoms with Crippen LogP contribution in [0.4, 0.5) is 4.79 Å². The Morgan fingerprint density at radius 2 is 0.726 bits per heavy atom. The number of ether oxygens (including phenoxy) is 12. The van der Waals surface area contributed by atoms with E-state index in [2.05, 4.69) is 53.2 Å². The van der Waals surface area contributed by atoms with Crippen LogP contribution >= 0.6 is 0 Å². The SMILES string of the molecule is COC[C@@H]1C[C@@H](O)CN1C(=O)CCCCCCCCCOC(=O)N[C@H]1CO[C@H](COCCC(=O)NCCCNC(=O)CCCCO[C@@H]2O[C@H](CO)[C@H](O)[C@H](O)[C@H]2NC(C)=O)[C@@H](OCCC(=O)NCCCNC(=O)CCCCO[C@@H]2O[C@H](CO)[C@H](O)[C@H](O)[C@H]2NC(C)=O)[C@@H]1OCCC(=O)NCCCNC(=O)CCCCO[C@@H]1O[C@H](CO)[C@H](O)[C@H](O)[C@H]1NC(C)=O. The van der Waals surface area contributed by atoms with E-state index in [4.69, 9.17) is 56.8 Å². The van der Waals surface area contributed by atoms with Gasteiger partial charge in [0, 0.05) is 138 Å². The average molecular weight is 1790 g/mol. The molecule has 0 aliphatic carbocycles. The highest BCUT2D eigenvalue weighted by molar-refractivity contribution is 5.79. The summed E-state index contributed by atoms with van der Waals surface area (Å²) in [5, 5.41) is 128. The molecule has 0 radical (unpaired) electrons. The van der Waals surface area contributed by atoms with Crippen LogP contribution in [-0.2, 0) is 105 Å². The Labute approximate surface area is 723 Å². The van der Waals surface area contributed by atoms with E-state index in [1.165, 1.54) is 20.8 Å². The van der Waals surface area contributed by atoms with Gasteiger partial charge in [0.1, 0.15) is 91.4 Å². The summed E-state index contributed by atoms with van der Waals surface area (Å²) in [4.78, 5) is 141. The Kier molecular flexibility index (Phi) is 53.4. The molecule has 0 aromatic heterocycles. The lowest BCUT2D eigenvalue weighted by Gasteiger charge is -2.42. The zero-order chi connectivity index (χ0) is 90.7. The van der Waals surface area contributed by atoms with Crippen LogP contribution in [0.1, 0.15) is 175 Å². The second-order valence-corrected chi connectivity index (χ2v) is 31.5. The summed E-state index contributed by atoms with van der Waals surface area (Å²) in [6, 6.07) is -4.41. The smallest absolute Gasteiger partial charge is 0.407 e. The number of nitrogens with one attached hydrogen (secondary N) is 10. The number of likely N-dealkylation sites (tertiary alicyclic amines) is 1. The van der Waals surface area contributed by atoms with Gasteiger partial charge in [-0.25, -0.2) is 4.79 Å². The maximum absolute atomic E-state index is 13.6. The number of carbonyl (C=O) groups is 11. The number of aliphatic hydroxyl groups is 10. The van der Waals surface area contributed by atoms with Crippen molar-refractivity contribution in [3.05, 3.63) is 0 Å². The van der Waals surface area contributed by atoms with E-state index in [-0.39, 0.29) is 173 Å². The highest BCUT2D eigenvalue weighted by Gasteiger charge is 2.49. The predicted molar refractivity (Wildman–Crippen MR) is 435 cm³/mol. The van der Waals surface area contributed by atoms with Crippen molar-refractivity contribution in [2.45, 2.75) is 303 Å². The number of amides is 11. The molecule has 44 heteroatoms. The molecule has 0 spiro atoms. The number of unbranched alkanes of at least 4 members (excludes halogenated alkanes) is 9. The molecule has 44 nitrogen and oxygen atoms in total. The molecular weight excluding hydrogens is 1640 g/mol. The van der Waals surface area contributed by atoms with Gasteiger partial charge in [0.15, 0.2) is 18.9 Å². The molecule has 5 rings (SSSR count). The van der Waals surface area contributed by atoms with E-state index in [1.807, 2.05) is 0 Å². The predicted octanol–water partition coefficient (Wildman–Crippen LogP) is -5.57. The van der Waals surface area contributed by atoms with Crippen molar-refractivity contribution < 1.29 is 161 Å². The number of nitrogens with zero attached hydrogens (tertiary/aromatic N) is 1. The van der Waals surface area contributed by atoms with Gasteiger partial charge in [0.05, 0.1) is 84.3 Å². The number of methoxy groups -OCH3 is 1. The quantitative estimate of drug-likeness (QED) is 0.0253. The Morgan fingerprint density at radius 3 is 1.11 bits per heavy atom. The summed E-state index contributed by atoms with van der Waals surface area (Å²) < 4.78 is 70.0. The van der Waals surface area contributed by atoms with Crippen LogP contribution in [0.3, 0.4) is 0 Å². The highest BCUT2D eigenvalue weighted by atomic mass is 16.7. The van der Waals surface area contributed by atoms with E-state index in [0.29, 0.717) is 96.6 Å². The lowest BCUT2D eigenvalue weighted by molar-refractivity contribution is -0.270. The fourth-order valence-corrected chi connectivity index (χ4v) is 14.6. The third kappa shape index (κ3) is 41.1. The van der Waals surface area contributed by atoms with Crippen LogP contribution in [0.25, 0.3) is 0 Å². The largest absolute Gasteiger partial charge is 0.450 e. The second kappa shape index (κ2) is 61.6. The Morgan fingerprint density at radius 1 is 0.371 bits per heavy atom. The standard InChI is InChI=1S/C80H141N11O33/c1-49(95)87-66-72(109)69(106)55(43-92)122-77(66)117-34-15-11-21-59(99)81-28-18-31-84-62(102)25-38-114-48-58-76(116-40-27-64(104)86-33-20-30-83-61(101)23-13-17-36-119-79-68(89-51(3)97)74(111)71(108)57(45-94)124-79)75(54(47-121-58)90-80(112)120-37-14-9-7-5-6-8-10-24-65(105)91-42-53(98)41-52(91)46-113-4)115-39-26-63(103)85-32-19-29-82-60(100)22-12-16-35-118-78-67(88-50(2)96)73(110)70(107)56(44-93)123-78/h52-58,66-79,92-94,98,106-111H,5-48H2,1-4H3,(H,81,99)(H,82,100)(H,83,101)(H,84,102)(H,85,103)(H,86,104)(H,87,95)(H,88,96)(H,89,97)(H,90,112)/t52-,53+,54-,55+,56+,57+,58+,66+,67+,68+,69-,70-,71-,72+,73+,74+,75+,76+,77+,78+,79+/m0/s1. The average Bonchev–Trinajstić information content (AvgIpc) is 1.26. The van der Waals surface area contributed by atoms with Crippen molar-refractivity contribution >= 4 is 65.2 Å². The van der Waals surface area contributed by atoms with E-state index in [0.717, 1.165) is 32.1 Å². The van der Waals surface area contributed by atoms with E-state index in [9.17, 15) is 104 Å². The van der Waals surface area contributed by atoms with Crippen molar-refractivity contribution in [2.75, 3.05) is 139 Å². The van der Waals surface area contributed by atoms with Gasteiger partial charge in [-0.1, -0.05) is 32.1 Å². The molecule has 0 aromatic carbocycles. The molecule has 714 valence electrons. The Balaban J connectivity index is 1.13. The van der Waals surface area contributed by atoms with Crippen molar-refractivity contribution in [3.8, 4) is 0 Å². The van der Waals surface area contributed by atoms with E-state index < -0.39 is 178 Å². The van der Waals surface area contributed by atoms with Crippen molar-refractivity contribution in [3.63, 3.8) is 0 Å². The molecule has 5 aliphatic rings. The number of rotatable bonds is 62. The van der Waals surface area contributed by atoms with Gasteiger partial charge in [0.25, 0.3) is 0 Å². The summed E-state index contributed by atoms with van der Waals surface area (Å²) in [6.45, 7) is 3.18. The third-order valence-corrected chi connectivity index (χ3v) is 21.2. The minimum absolute atomic E-state index is 0.00289. The molecule has 5 aliphatic heterocycles. The number of carbonyl (C=O) groups excluding carboxylic acids is 11. The topological polar surface area (TPSA) is 624 Å². The minimum Gasteiger partial charge on any atom is -0.450 e. The van der Waals surface area contributed by atoms with Crippen LogP contribution in [0.15, 0.2) is 0 Å². The van der Waals surface area contributed by atoms with Gasteiger partial charge in [-0.3, -0.25) is 47.9 Å². The van der Waals surface area contributed by atoms with Crippen LogP contribution in [-0.4, -0.2) is 388 Å². The molecule has 0 saturated carbocycles. The molecular formula is C80H141N11O33. The lowest BCUT2D eigenvalue weighted by Crippen LogP contribution is -2.64. The van der Waals surface area contributed by atoms with Crippen molar-refractivity contribution in [1.29, 1.82) is 0 Å². The van der Waals surface area contributed by atoms with Gasteiger partial charge in [-0.15, -0.1) is 0 Å². The fraction of sp³-hybridized carbons (Fsp3) is 0.863. The normalized spacial score (nSPS) is 27.4. The molecule has 20 N–H and O–H groups in total. The third-order valence-electron chi connectivity index (χ3n) is 21.2. The number of β-amino-alcohol motifs (C(OH)–C–C–N with tert-alkyl or cyclic N) is 1. The fourth-order valence-electron chi connectivity index (χ4n) is 14.6. The molecule has 5 heterocycles. The van der Waals surface area contributed by atoms with Crippen LogP contribution in [0.2, 0.25) is 0 Å². The summed E-state index contributed by atoms with van der Waals surface area (Å²) in [6.07, 6.45) is -10.5. The van der Waals surface area contributed by atoms with Gasteiger partial charge in [-0.2, -0.15) is 0 Å². The number of aliphatic hydroxyl groups excluding tert-OH is 10. The van der Waals surface area contributed by atoms with Gasteiger partial charge >= 0.3 is 6.09 Å². The van der Waals surface area contributed by atoms with E-state index >= 15 is 0 Å². The van der Waals surface area contributed by atoms with Gasteiger partial charge < -0.3 is 166 Å². The lowest BCUT2D eigenvalue weighted by atomic mass is 9.97. The summed E-state index contributed by atoms with van der Waals surface area (Å²) in [5.41, 5.74) is 0. The first-order valence-electron chi connectivity index (χ1n) is 43.6. The van der Waals surface area contributed by atoms with Crippen LogP contribution in [0.5, 0.6) is 0 Å². The first kappa shape index (κ1) is 108. The Bertz CT molecular complexity index is 3130. The zero-order valence-corrected chi connectivity index (χ0v) is 72.0. The van der Waals surface area contributed by atoms with Crippen molar-refractivity contribution in [1.82, 2.24) is 58.1 Å². The van der Waals surface area contributed by atoms with E-state index in [1.54, 1.807) is 12.0 Å². The highest BCUT2D eigenvalue weighted by Crippen LogP contribution is 2.28. The maximum Gasteiger partial charge on any atom is 0.407 e. The zero-order valence-electron chi connectivity index (χ0n) is 72.0. The molecule has 5 saturated heterocycles. The van der Waals surface area contributed by atoms with Crippen LogP contribution < -0.4 is 53.2 Å². The molecule has 124 heavy (non-hydrogen) atoms. The molecule has 0 bridgehead atoms. The van der Waals surface area contributed by atoms with Gasteiger partial charge in [-0.05, 0) is 77.0 Å². The Hall–Kier alpha value is -6.87. The number of hydrogen-bond donors (Lipinski definition) is 20. The minimum atomic E-state index is -1.47. The van der Waals surface area contributed by atoms with Crippen molar-refractivity contribution in [2.24, 2.45) is 0 Å². The first-order valence-corrected chi connectivity index (χ1v) is 43.6. The first-order chi connectivity index (χ1) is 59.6. The summed E-state index contributed by atoms with van der Waals surface area (Å²) in [7, 11) is 1.57. The summed E-state index contributed by atoms with van der Waals surface area (Å²) >= 11 is 0. The number of alkyl carbamates (subject to hydrolysis) is 1. The second-order valence-electron chi connectivity index (χ2n) is 31.5. The molecule has 0 aromatic rings. The van der Waals surface area contributed by atoms with Crippen LogP contribution in [0, 0.1) is 0 Å². The number of hydrogen-bond acceptors (Lipinski definition) is 33. The summed E-state index contributed by atoms with van der Waals surface area (Å²) in [5.74, 6) is -3.48. The molecule has 21 atom stereocenters. The monoisotopic (exact) mass is 1780 g/mol. The maximum atomic E-state index is 13.6.